The van der Waals surface area contributed by atoms with E-state index in [1.165, 1.54) is 28.4 Å². The molecule has 0 saturated carbocycles. The lowest BCUT2D eigenvalue weighted by Gasteiger charge is -2.05. The van der Waals surface area contributed by atoms with Crippen LogP contribution in [0.4, 0.5) is 0 Å². The van der Waals surface area contributed by atoms with Gasteiger partial charge in [0.2, 0.25) is 0 Å². The van der Waals surface area contributed by atoms with Gasteiger partial charge in [-0.3, -0.25) is 0 Å². The molecule has 0 bridgehead atoms. The summed E-state index contributed by atoms with van der Waals surface area (Å²) in [5.74, 6) is 0.719. The molecule has 0 saturated heterocycles. The summed E-state index contributed by atoms with van der Waals surface area (Å²) in [6.45, 7) is 2.89. The van der Waals surface area contributed by atoms with Crippen molar-refractivity contribution in [2.24, 2.45) is 5.73 Å². The lowest BCUT2D eigenvalue weighted by atomic mass is 10.1. The zero-order chi connectivity index (χ0) is 8.55. The highest BCUT2D eigenvalue weighted by molar-refractivity contribution is 7.11. The van der Waals surface area contributed by atoms with Gasteiger partial charge in [-0.2, -0.15) is 0 Å². The fourth-order valence-corrected chi connectivity index (χ4v) is 3.04. The van der Waals surface area contributed by atoms with Crippen molar-refractivity contribution in [3.05, 3.63) is 15.6 Å². The molecule has 2 N–H and O–H groups in total. The highest BCUT2D eigenvalue weighted by atomic mass is 32.1. The fourth-order valence-electron chi connectivity index (χ4n) is 1.90. The summed E-state index contributed by atoms with van der Waals surface area (Å²) in [7, 11) is 0. The molecule has 66 valence electrons. The van der Waals surface area contributed by atoms with Crippen LogP contribution >= 0.6 is 11.3 Å². The second-order valence-corrected chi connectivity index (χ2v) is 4.59. The summed E-state index contributed by atoms with van der Waals surface area (Å²) in [6.07, 6.45) is 3.57. The van der Waals surface area contributed by atoms with E-state index in [0.717, 1.165) is 18.9 Å². The zero-order valence-electron chi connectivity index (χ0n) is 7.34. The molecule has 1 aromatic rings. The molecule has 1 aliphatic rings. The summed E-state index contributed by atoms with van der Waals surface area (Å²) in [5.41, 5.74) is 6.90. The lowest BCUT2D eigenvalue weighted by Crippen LogP contribution is -2.03. The number of nitrogens with two attached hydrogens (primary N) is 1. The summed E-state index contributed by atoms with van der Waals surface area (Å²) in [4.78, 5) is 6.01. The zero-order valence-corrected chi connectivity index (χ0v) is 8.16. The van der Waals surface area contributed by atoms with Gasteiger partial charge in [0.05, 0.1) is 10.7 Å². The van der Waals surface area contributed by atoms with Crippen LogP contribution in [-0.4, -0.2) is 11.5 Å². The van der Waals surface area contributed by atoms with Gasteiger partial charge in [-0.15, -0.1) is 11.3 Å². The molecule has 0 aliphatic heterocycles. The van der Waals surface area contributed by atoms with Crippen molar-refractivity contribution in [2.75, 3.05) is 6.54 Å². The van der Waals surface area contributed by atoms with Crippen LogP contribution in [0.2, 0.25) is 0 Å². The average molecular weight is 182 g/mol. The van der Waals surface area contributed by atoms with E-state index in [1.54, 1.807) is 0 Å². The SMILES string of the molecule is Cc1nc2c(s1)C(CCN)CC2. The smallest absolute Gasteiger partial charge is 0.0900 e. The van der Waals surface area contributed by atoms with Crippen LogP contribution in [-0.2, 0) is 6.42 Å². The molecule has 1 heterocycles. The van der Waals surface area contributed by atoms with Crippen molar-refractivity contribution in [1.82, 2.24) is 4.98 Å². The van der Waals surface area contributed by atoms with E-state index < -0.39 is 0 Å². The van der Waals surface area contributed by atoms with Crippen LogP contribution in [0.25, 0.3) is 0 Å². The third-order valence-electron chi connectivity index (χ3n) is 2.45. The Bertz CT molecular complexity index is 280. The Hall–Kier alpha value is -0.410. The summed E-state index contributed by atoms with van der Waals surface area (Å²) in [6, 6.07) is 0. The van der Waals surface area contributed by atoms with Crippen LogP contribution in [0.3, 0.4) is 0 Å². The van der Waals surface area contributed by atoms with Crippen molar-refractivity contribution >= 4 is 11.3 Å². The van der Waals surface area contributed by atoms with Gasteiger partial charge in [-0.1, -0.05) is 0 Å². The number of aryl methyl sites for hydroxylation is 2. The van der Waals surface area contributed by atoms with Gasteiger partial charge in [0, 0.05) is 4.88 Å². The van der Waals surface area contributed by atoms with E-state index in [2.05, 4.69) is 11.9 Å². The van der Waals surface area contributed by atoms with Crippen LogP contribution in [0.15, 0.2) is 0 Å². The summed E-state index contributed by atoms with van der Waals surface area (Å²) >= 11 is 1.86. The van der Waals surface area contributed by atoms with Gasteiger partial charge >= 0.3 is 0 Å². The van der Waals surface area contributed by atoms with E-state index >= 15 is 0 Å². The molecule has 1 atom stereocenters. The summed E-state index contributed by atoms with van der Waals surface area (Å²) < 4.78 is 0. The second kappa shape index (κ2) is 3.15. The molecule has 0 aromatic carbocycles. The minimum absolute atomic E-state index is 0.719. The van der Waals surface area contributed by atoms with Crippen molar-refractivity contribution in [3.8, 4) is 0 Å². The first-order chi connectivity index (χ1) is 5.81. The number of thiazole rings is 1. The maximum atomic E-state index is 5.56. The fraction of sp³-hybridized carbons (Fsp3) is 0.667. The molecule has 2 rings (SSSR count). The Morgan fingerprint density at radius 3 is 3.25 bits per heavy atom. The van der Waals surface area contributed by atoms with E-state index in [4.69, 9.17) is 5.73 Å². The van der Waals surface area contributed by atoms with E-state index in [9.17, 15) is 0 Å². The van der Waals surface area contributed by atoms with Gasteiger partial charge in [0.25, 0.3) is 0 Å². The Morgan fingerprint density at radius 2 is 2.50 bits per heavy atom. The van der Waals surface area contributed by atoms with E-state index in [1.807, 2.05) is 11.3 Å². The molecule has 1 aromatic heterocycles. The number of aromatic nitrogens is 1. The predicted molar refractivity (Wildman–Crippen MR) is 51.6 cm³/mol. The highest BCUT2D eigenvalue weighted by Crippen LogP contribution is 2.38. The first kappa shape index (κ1) is 8.20. The monoisotopic (exact) mass is 182 g/mol. The minimum Gasteiger partial charge on any atom is -0.330 e. The predicted octanol–water partition coefficient (Wildman–Crippen LogP) is 1.83. The largest absolute Gasteiger partial charge is 0.330 e. The van der Waals surface area contributed by atoms with Crippen LogP contribution in [0.1, 0.15) is 34.3 Å². The van der Waals surface area contributed by atoms with Crippen LogP contribution < -0.4 is 5.73 Å². The van der Waals surface area contributed by atoms with Gasteiger partial charge in [-0.25, -0.2) is 4.98 Å². The highest BCUT2D eigenvalue weighted by Gasteiger charge is 2.25. The molecule has 0 fully saturated rings. The van der Waals surface area contributed by atoms with Crippen molar-refractivity contribution in [2.45, 2.75) is 32.1 Å². The molecule has 0 amide bonds. The first-order valence-corrected chi connectivity index (χ1v) is 5.29. The Balaban J connectivity index is 2.22. The van der Waals surface area contributed by atoms with Crippen molar-refractivity contribution in [1.29, 1.82) is 0 Å². The van der Waals surface area contributed by atoms with Gasteiger partial charge < -0.3 is 5.73 Å². The number of rotatable bonds is 2. The maximum absolute atomic E-state index is 5.56. The third kappa shape index (κ3) is 1.27. The normalized spacial score (nSPS) is 21.3. The average Bonchev–Trinajstić information content (AvgIpc) is 2.52. The Kier molecular flexibility index (Phi) is 2.15. The maximum Gasteiger partial charge on any atom is 0.0900 e. The number of hydrogen-bond acceptors (Lipinski definition) is 3. The van der Waals surface area contributed by atoms with Gasteiger partial charge in [0.1, 0.15) is 0 Å². The van der Waals surface area contributed by atoms with Gasteiger partial charge in [0.15, 0.2) is 0 Å². The molecule has 0 spiro atoms. The molecule has 2 nitrogen and oxygen atoms in total. The Labute approximate surface area is 76.8 Å². The molecular formula is C9H14N2S. The standard InChI is InChI=1S/C9H14N2S/c1-6-11-8-3-2-7(4-5-10)9(8)12-6/h7H,2-5,10H2,1H3. The molecule has 1 aliphatic carbocycles. The molecule has 3 heteroatoms. The van der Waals surface area contributed by atoms with Crippen LogP contribution in [0, 0.1) is 6.92 Å². The number of fused-ring (bicyclic) bond motifs is 1. The van der Waals surface area contributed by atoms with E-state index in [-0.39, 0.29) is 0 Å². The van der Waals surface area contributed by atoms with Crippen LogP contribution in [0.5, 0.6) is 0 Å². The molecule has 0 radical (unpaired) electrons. The lowest BCUT2D eigenvalue weighted by molar-refractivity contribution is 0.633. The molecule has 12 heavy (non-hydrogen) atoms. The van der Waals surface area contributed by atoms with E-state index in [0.29, 0.717) is 0 Å². The topological polar surface area (TPSA) is 38.9 Å². The number of hydrogen-bond donors (Lipinski definition) is 1. The third-order valence-corrected chi connectivity index (χ3v) is 3.63. The molecular weight excluding hydrogens is 168 g/mol. The van der Waals surface area contributed by atoms with Crippen molar-refractivity contribution in [3.63, 3.8) is 0 Å². The quantitative estimate of drug-likeness (QED) is 0.758. The van der Waals surface area contributed by atoms with Gasteiger partial charge in [-0.05, 0) is 38.6 Å². The van der Waals surface area contributed by atoms with Crippen molar-refractivity contribution < 1.29 is 0 Å². The Morgan fingerprint density at radius 1 is 1.67 bits per heavy atom. The number of nitrogens with zero attached hydrogens (tertiary/aromatic N) is 1. The second-order valence-electron chi connectivity index (χ2n) is 3.36. The molecule has 1 unspecified atom stereocenters. The first-order valence-electron chi connectivity index (χ1n) is 4.47. The summed E-state index contributed by atoms with van der Waals surface area (Å²) in [5, 5.41) is 1.21. The minimum atomic E-state index is 0.719.